The minimum absolute atomic E-state index is 0.824. The molecule has 4 heteroatoms. The van der Waals surface area contributed by atoms with Gasteiger partial charge in [-0.2, -0.15) is 4.99 Å². The Morgan fingerprint density at radius 1 is 0.862 bits per heavy atom. The number of unbranched alkanes of at least 4 members (excludes halogenated alkanes) is 3. The molecular weight excluding hydrogens is 374 g/mol. The van der Waals surface area contributed by atoms with Gasteiger partial charge in [-0.05, 0) is 65.9 Å². The van der Waals surface area contributed by atoms with Gasteiger partial charge in [-0.25, -0.2) is 9.97 Å². The van der Waals surface area contributed by atoms with Crippen LogP contribution in [0.2, 0.25) is 0 Å². The molecule has 0 saturated carbocycles. The minimum Gasteiger partial charge on any atom is -0.241 e. The second kappa shape index (κ2) is 11.4. The maximum atomic E-state index is 4.67. The average Bonchev–Trinajstić information content (AvgIpc) is 2.77. The number of benzene rings is 2. The molecule has 0 fully saturated rings. The fourth-order valence-electron chi connectivity index (χ4n) is 3.43. The van der Waals surface area contributed by atoms with Crippen LogP contribution in [0.4, 0.5) is 5.69 Å². The average molecular weight is 402 g/mol. The van der Waals surface area contributed by atoms with Crippen molar-refractivity contribution in [1.29, 1.82) is 0 Å². The quantitative estimate of drug-likeness (QED) is 0.213. The summed E-state index contributed by atoms with van der Waals surface area (Å²) < 4.78 is 0. The zero-order chi connectivity index (χ0) is 20.3. The van der Waals surface area contributed by atoms with Crippen molar-refractivity contribution in [3.05, 3.63) is 77.9 Å². The highest BCUT2D eigenvalue weighted by Gasteiger charge is 2.07. The Bertz CT molecular complexity index is 943. The number of isothiocyanates is 1. The number of aliphatic imine (C=N–C) groups is 1. The Morgan fingerprint density at radius 3 is 2.34 bits per heavy atom. The third-order valence-electron chi connectivity index (χ3n) is 5.07. The summed E-state index contributed by atoms with van der Waals surface area (Å²) in [6, 6.07) is 16.6. The zero-order valence-corrected chi connectivity index (χ0v) is 17.8. The number of hydrogen-bond donors (Lipinski definition) is 0. The lowest BCUT2D eigenvalue weighted by atomic mass is 9.96. The van der Waals surface area contributed by atoms with E-state index in [0.717, 1.165) is 30.8 Å². The second-order valence-electron chi connectivity index (χ2n) is 7.23. The summed E-state index contributed by atoms with van der Waals surface area (Å²) >= 11 is 4.67. The van der Waals surface area contributed by atoms with E-state index in [2.05, 4.69) is 75.7 Å². The molecule has 0 amide bonds. The third kappa shape index (κ3) is 6.42. The maximum absolute atomic E-state index is 4.67. The van der Waals surface area contributed by atoms with E-state index in [1.807, 2.05) is 24.5 Å². The van der Waals surface area contributed by atoms with Crippen LogP contribution in [-0.2, 0) is 19.3 Å². The summed E-state index contributed by atoms with van der Waals surface area (Å²) in [7, 11) is 0. The van der Waals surface area contributed by atoms with Gasteiger partial charge in [0.25, 0.3) is 0 Å². The molecule has 2 aromatic carbocycles. The molecule has 148 valence electrons. The van der Waals surface area contributed by atoms with Crippen LogP contribution in [-0.4, -0.2) is 15.1 Å². The fourth-order valence-corrected chi connectivity index (χ4v) is 3.54. The molecule has 3 rings (SSSR count). The van der Waals surface area contributed by atoms with E-state index in [-0.39, 0.29) is 0 Å². The number of aromatic nitrogens is 2. The van der Waals surface area contributed by atoms with E-state index in [1.54, 1.807) is 0 Å². The zero-order valence-electron chi connectivity index (χ0n) is 17.0. The lowest BCUT2D eigenvalue weighted by Gasteiger charge is -2.10. The van der Waals surface area contributed by atoms with Crippen molar-refractivity contribution in [3.63, 3.8) is 0 Å². The first-order chi connectivity index (χ1) is 14.3. The summed E-state index contributed by atoms with van der Waals surface area (Å²) in [6.07, 6.45) is 11.9. The van der Waals surface area contributed by atoms with Crippen molar-refractivity contribution in [2.75, 3.05) is 0 Å². The van der Waals surface area contributed by atoms with Crippen LogP contribution in [0.25, 0.3) is 11.1 Å². The van der Waals surface area contributed by atoms with Crippen molar-refractivity contribution in [3.8, 4) is 11.1 Å². The number of hydrogen-bond acceptors (Lipinski definition) is 4. The number of thiocarbonyl (C=S) groups is 1. The number of nitrogens with zero attached hydrogens (tertiary/aromatic N) is 3. The van der Waals surface area contributed by atoms with Gasteiger partial charge in [0.2, 0.25) is 0 Å². The lowest BCUT2D eigenvalue weighted by molar-refractivity contribution is 0.664. The van der Waals surface area contributed by atoms with Crippen LogP contribution >= 0.6 is 12.2 Å². The van der Waals surface area contributed by atoms with Crippen LogP contribution in [0.5, 0.6) is 0 Å². The van der Waals surface area contributed by atoms with Gasteiger partial charge < -0.3 is 0 Å². The standard InChI is InChI=1S/C25H27N3S/c1-2-3-4-5-8-20-17-26-25(27-18-20)16-13-21-9-6-7-10-24(21)22-11-14-23(15-12-22)28-19-29/h6-7,9-12,14-15,17-18H,2-5,8,13,16H2,1H3. The fraction of sp³-hybridized carbons (Fsp3) is 0.320. The van der Waals surface area contributed by atoms with Gasteiger partial charge >= 0.3 is 0 Å². The highest BCUT2D eigenvalue weighted by molar-refractivity contribution is 7.78. The van der Waals surface area contributed by atoms with E-state index >= 15 is 0 Å². The molecule has 1 aromatic heterocycles. The molecule has 0 unspecified atom stereocenters. The monoisotopic (exact) mass is 401 g/mol. The van der Waals surface area contributed by atoms with Gasteiger partial charge in [-0.1, -0.05) is 62.6 Å². The summed E-state index contributed by atoms with van der Waals surface area (Å²) in [5.74, 6) is 0.905. The van der Waals surface area contributed by atoms with E-state index in [4.69, 9.17) is 0 Å². The molecule has 1 heterocycles. The lowest BCUT2D eigenvalue weighted by Crippen LogP contribution is -2.00. The Morgan fingerprint density at radius 2 is 1.62 bits per heavy atom. The van der Waals surface area contributed by atoms with Crippen molar-refractivity contribution < 1.29 is 0 Å². The van der Waals surface area contributed by atoms with Crippen LogP contribution in [0.1, 0.15) is 49.6 Å². The van der Waals surface area contributed by atoms with Crippen LogP contribution < -0.4 is 0 Å². The Hall–Kier alpha value is -2.68. The predicted molar refractivity (Wildman–Crippen MR) is 124 cm³/mol. The first-order valence-electron chi connectivity index (χ1n) is 10.4. The number of aryl methyl sites for hydroxylation is 3. The van der Waals surface area contributed by atoms with Gasteiger partial charge in [0.05, 0.1) is 10.8 Å². The maximum Gasteiger partial charge on any atom is 0.128 e. The first kappa shape index (κ1) is 21.0. The van der Waals surface area contributed by atoms with Crippen molar-refractivity contribution in [2.45, 2.75) is 51.9 Å². The second-order valence-corrected chi connectivity index (χ2v) is 7.41. The molecule has 0 aliphatic carbocycles. The highest BCUT2D eigenvalue weighted by Crippen LogP contribution is 2.26. The summed E-state index contributed by atoms with van der Waals surface area (Å²) in [4.78, 5) is 13.2. The predicted octanol–water partition coefficient (Wildman–Crippen LogP) is 6.79. The summed E-state index contributed by atoms with van der Waals surface area (Å²) in [5, 5.41) is 2.41. The highest BCUT2D eigenvalue weighted by atomic mass is 32.1. The van der Waals surface area contributed by atoms with Crippen molar-refractivity contribution >= 4 is 23.1 Å². The molecule has 0 N–H and O–H groups in total. The molecule has 3 aromatic rings. The molecule has 0 aliphatic heterocycles. The van der Waals surface area contributed by atoms with E-state index < -0.39 is 0 Å². The minimum atomic E-state index is 0.824. The summed E-state index contributed by atoms with van der Waals surface area (Å²) in [6.45, 7) is 2.24. The normalized spacial score (nSPS) is 10.5. The molecule has 0 aliphatic rings. The van der Waals surface area contributed by atoms with Gasteiger partial charge in [-0.15, -0.1) is 0 Å². The van der Waals surface area contributed by atoms with E-state index in [1.165, 1.54) is 47.9 Å². The molecule has 0 radical (unpaired) electrons. The summed E-state index contributed by atoms with van der Waals surface area (Å²) in [5.41, 5.74) is 5.77. The first-order valence-corrected chi connectivity index (χ1v) is 10.8. The third-order valence-corrected chi connectivity index (χ3v) is 5.16. The molecule has 3 nitrogen and oxygen atoms in total. The van der Waals surface area contributed by atoms with Crippen LogP contribution in [0.15, 0.2) is 65.9 Å². The van der Waals surface area contributed by atoms with Gasteiger partial charge in [0, 0.05) is 18.8 Å². The Balaban J connectivity index is 1.63. The molecular formula is C25H27N3S. The Kier molecular flexibility index (Phi) is 8.24. The Labute approximate surface area is 179 Å². The van der Waals surface area contributed by atoms with Crippen molar-refractivity contribution in [1.82, 2.24) is 9.97 Å². The van der Waals surface area contributed by atoms with Crippen molar-refractivity contribution in [2.24, 2.45) is 4.99 Å². The topological polar surface area (TPSA) is 38.1 Å². The van der Waals surface area contributed by atoms with E-state index in [9.17, 15) is 0 Å². The van der Waals surface area contributed by atoms with Crippen LogP contribution in [0.3, 0.4) is 0 Å². The number of rotatable bonds is 10. The van der Waals surface area contributed by atoms with Crippen LogP contribution in [0, 0.1) is 0 Å². The van der Waals surface area contributed by atoms with Gasteiger partial charge in [0.1, 0.15) is 5.82 Å². The molecule has 0 spiro atoms. The molecule has 29 heavy (non-hydrogen) atoms. The largest absolute Gasteiger partial charge is 0.241 e. The SMILES string of the molecule is CCCCCCc1cnc(CCc2ccccc2-c2ccc(N=C=S)cc2)nc1. The molecule has 0 saturated heterocycles. The molecule has 0 atom stereocenters. The van der Waals surface area contributed by atoms with Gasteiger partial charge in [0.15, 0.2) is 0 Å². The van der Waals surface area contributed by atoms with E-state index in [0.29, 0.717) is 0 Å². The molecule has 0 bridgehead atoms. The smallest absolute Gasteiger partial charge is 0.128 e. The van der Waals surface area contributed by atoms with Gasteiger partial charge in [-0.3, -0.25) is 0 Å².